The van der Waals surface area contributed by atoms with E-state index in [1.165, 1.54) is 7.11 Å². The van der Waals surface area contributed by atoms with Gasteiger partial charge in [0.15, 0.2) is 0 Å². The second kappa shape index (κ2) is 13.4. The van der Waals surface area contributed by atoms with Crippen LogP contribution in [0.15, 0.2) is 60.9 Å². The molecule has 0 bridgehead atoms. The molecule has 44 heavy (non-hydrogen) atoms. The maximum atomic E-state index is 13.7. The van der Waals surface area contributed by atoms with Gasteiger partial charge in [-0.15, -0.1) is 0 Å². The molecule has 3 amide bonds. The van der Waals surface area contributed by atoms with Gasteiger partial charge in [-0.1, -0.05) is 62.4 Å². The Morgan fingerprint density at radius 3 is 2.18 bits per heavy atom. The predicted molar refractivity (Wildman–Crippen MR) is 170 cm³/mol. The molecule has 2 atom stereocenters. The number of carbonyl (C=O) groups is 3. The van der Waals surface area contributed by atoms with Crippen molar-refractivity contribution >= 4 is 24.2 Å². The van der Waals surface area contributed by atoms with E-state index in [0.29, 0.717) is 6.54 Å². The Balaban J connectivity index is 1.42. The first kappa shape index (κ1) is 32.3. The van der Waals surface area contributed by atoms with Gasteiger partial charge in [0.2, 0.25) is 5.91 Å². The van der Waals surface area contributed by atoms with Crippen LogP contribution in [-0.4, -0.2) is 57.8 Å². The van der Waals surface area contributed by atoms with Gasteiger partial charge in [-0.2, -0.15) is 0 Å². The third-order valence-electron chi connectivity index (χ3n) is 7.89. The number of nitrogens with one attached hydrogen (secondary N) is 3. The summed E-state index contributed by atoms with van der Waals surface area (Å²) in [6.45, 7) is 11.6. The van der Waals surface area contributed by atoms with E-state index < -0.39 is 23.3 Å². The van der Waals surface area contributed by atoms with E-state index in [1.807, 2.05) is 82.0 Å². The molecule has 1 saturated heterocycles. The minimum absolute atomic E-state index is 0.144. The van der Waals surface area contributed by atoms with Crippen molar-refractivity contribution in [1.29, 1.82) is 0 Å². The minimum atomic E-state index is -1.10. The number of rotatable bonds is 8. The number of hydrogen-bond donors (Lipinski definition) is 3. The zero-order valence-electron chi connectivity index (χ0n) is 26.6. The van der Waals surface area contributed by atoms with Gasteiger partial charge in [-0.05, 0) is 74.8 Å². The summed E-state index contributed by atoms with van der Waals surface area (Å²) in [5.74, 6) is 0.433. The van der Waals surface area contributed by atoms with E-state index in [4.69, 9.17) is 9.47 Å². The average Bonchev–Trinajstić information content (AvgIpc) is 3.66. The highest BCUT2D eigenvalue weighted by Crippen LogP contribution is 2.35. The second-order valence-corrected chi connectivity index (χ2v) is 12.5. The van der Waals surface area contributed by atoms with Crippen LogP contribution in [0.4, 0.5) is 9.59 Å². The van der Waals surface area contributed by atoms with Crippen molar-refractivity contribution < 1.29 is 23.9 Å². The van der Waals surface area contributed by atoms with Crippen LogP contribution in [0.25, 0.3) is 28.5 Å². The van der Waals surface area contributed by atoms with Crippen molar-refractivity contribution in [3.05, 3.63) is 72.3 Å². The third-order valence-corrected chi connectivity index (χ3v) is 7.89. The van der Waals surface area contributed by atoms with Crippen molar-refractivity contribution in [3.63, 3.8) is 0 Å². The Hall–Kier alpha value is -4.60. The first-order valence-corrected chi connectivity index (χ1v) is 14.9. The van der Waals surface area contributed by atoms with Gasteiger partial charge in [-0.3, -0.25) is 10.1 Å². The Morgan fingerprint density at radius 2 is 1.59 bits per heavy atom. The topological polar surface area (TPSA) is 126 Å². The number of nitrogens with zero attached hydrogens (tertiary/aromatic N) is 2. The molecule has 1 aliphatic heterocycles. The smallest absolute Gasteiger partial charge is 0.411 e. The summed E-state index contributed by atoms with van der Waals surface area (Å²) >= 11 is 0. The summed E-state index contributed by atoms with van der Waals surface area (Å²) in [6, 6.07) is 16.0. The highest BCUT2D eigenvalue weighted by Gasteiger charge is 2.45. The van der Waals surface area contributed by atoms with E-state index in [2.05, 4.69) is 32.7 Å². The number of carbonyl (C=O) groups excluding carboxylic acids is 3. The Labute approximate surface area is 259 Å². The molecule has 0 aliphatic carbocycles. The molecule has 3 aromatic rings. The number of aromatic nitrogens is 2. The van der Waals surface area contributed by atoms with E-state index in [0.717, 1.165) is 46.6 Å². The Kier molecular flexibility index (Phi) is 9.81. The van der Waals surface area contributed by atoms with Crippen molar-refractivity contribution in [1.82, 2.24) is 25.5 Å². The number of alkyl carbamates (subject to hydrolysis) is 2. The van der Waals surface area contributed by atoms with Gasteiger partial charge in [0.1, 0.15) is 17.0 Å². The molecule has 2 unspecified atom stereocenters. The fraction of sp³-hybridized carbons (Fsp3) is 0.412. The number of H-pyrrole nitrogens is 1. The van der Waals surface area contributed by atoms with Gasteiger partial charge in [0, 0.05) is 12.7 Å². The highest BCUT2D eigenvalue weighted by atomic mass is 16.6. The largest absolute Gasteiger partial charge is 0.453 e. The van der Waals surface area contributed by atoms with Gasteiger partial charge in [0.05, 0.1) is 25.0 Å². The van der Waals surface area contributed by atoms with Gasteiger partial charge < -0.3 is 24.7 Å². The summed E-state index contributed by atoms with van der Waals surface area (Å²) in [6.07, 6.45) is 5.69. The molecule has 3 N–H and O–H groups in total. The third kappa shape index (κ3) is 7.67. The SMILES string of the molecule is COC(=O)NC(C)(C(=O)N1CCCC1c1ncc(-c2ccc(-c3ccc(C=CNC(=O)OC(C)(C)C)cc3)cc2)[nH]1)C(C)C. The molecule has 1 aromatic heterocycles. The lowest BCUT2D eigenvalue weighted by molar-refractivity contribution is -0.140. The maximum Gasteiger partial charge on any atom is 0.411 e. The van der Waals surface area contributed by atoms with Gasteiger partial charge in [-0.25, -0.2) is 14.6 Å². The molecule has 2 aromatic carbocycles. The molecular formula is C34H43N5O5. The van der Waals surface area contributed by atoms with Crippen molar-refractivity contribution in [3.8, 4) is 22.4 Å². The lowest BCUT2D eigenvalue weighted by Gasteiger charge is -2.37. The van der Waals surface area contributed by atoms with Crippen LogP contribution in [0, 0.1) is 5.92 Å². The molecule has 0 saturated carbocycles. The van der Waals surface area contributed by atoms with Crippen LogP contribution in [0.3, 0.4) is 0 Å². The molecule has 1 aliphatic rings. The van der Waals surface area contributed by atoms with Crippen LogP contribution in [0.5, 0.6) is 0 Å². The maximum absolute atomic E-state index is 13.7. The summed E-state index contributed by atoms with van der Waals surface area (Å²) in [4.78, 5) is 47.5. The van der Waals surface area contributed by atoms with E-state index in [-0.39, 0.29) is 17.9 Å². The summed E-state index contributed by atoms with van der Waals surface area (Å²) < 4.78 is 10.0. The van der Waals surface area contributed by atoms with Crippen LogP contribution < -0.4 is 10.6 Å². The Morgan fingerprint density at radius 1 is 0.977 bits per heavy atom. The monoisotopic (exact) mass is 601 g/mol. The number of hydrogen-bond acceptors (Lipinski definition) is 6. The molecule has 10 heteroatoms. The number of amides is 3. The number of imidazole rings is 1. The number of methoxy groups -OCH3 is 1. The standard InChI is InChI=1S/C34H43N5O5/c1-22(2)34(6,38-32(42)43-7)30(40)39-20-8-9-28(39)29-36-21-27(37-29)26-16-14-25(15-17-26)24-12-10-23(11-13-24)18-19-35-31(41)44-33(3,4)5/h10-19,21-22,28H,8-9,20H2,1-7H3,(H,35,41)(H,36,37)(H,38,42). The molecular weight excluding hydrogens is 558 g/mol. The van der Waals surface area contributed by atoms with Crippen LogP contribution in [0.2, 0.25) is 0 Å². The molecule has 4 rings (SSSR count). The molecule has 1 fully saturated rings. The van der Waals surface area contributed by atoms with Crippen molar-refractivity contribution in [2.75, 3.05) is 13.7 Å². The fourth-order valence-electron chi connectivity index (χ4n) is 5.10. The number of ether oxygens (including phenoxy) is 2. The van der Waals surface area contributed by atoms with Gasteiger partial charge in [0.25, 0.3) is 0 Å². The summed E-state index contributed by atoms with van der Waals surface area (Å²) in [5, 5.41) is 5.37. The molecule has 0 spiro atoms. The predicted octanol–water partition coefficient (Wildman–Crippen LogP) is 6.67. The number of benzene rings is 2. The first-order chi connectivity index (χ1) is 20.8. The van der Waals surface area contributed by atoms with Crippen LogP contribution in [0.1, 0.15) is 71.8 Å². The van der Waals surface area contributed by atoms with E-state index >= 15 is 0 Å². The lowest BCUT2D eigenvalue weighted by Crippen LogP contribution is -2.60. The first-order valence-electron chi connectivity index (χ1n) is 14.9. The minimum Gasteiger partial charge on any atom is -0.453 e. The summed E-state index contributed by atoms with van der Waals surface area (Å²) in [5.41, 5.74) is 3.27. The van der Waals surface area contributed by atoms with Crippen LogP contribution >= 0.6 is 0 Å². The quantitative estimate of drug-likeness (QED) is 0.265. The molecule has 0 radical (unpaired) electrons. The highest BCUT2D eigenvalue weighted by molar-refractivity contribution is 5.90. The zero-order chi connectivity index (χ0) is 32.1. The normalized spacial score (nSPS) is 16.5. The molecule has 2 heterocycles. The number of aromatic amines is 1. The Bertz CT molecular complexity index is 1490. The molecule has 234 valence electrons. The second-order valence-electron chi connectivity index (χ2n) is 12.5. The van der Waals surface area contributed by atoms with E-state index in [9.17, 15) is 14.4 Å². The molecule has 10 nitrogen and oxygen atoms in total. The van der Waals surface area contributed by atoms with Gasteiger partial charge >= 0.3 is 12.2 Å². The van der Waals surface area contributed by atoms with E-state index in [1.54, 1.807) is 19.3 Å². The van der Waals surface area contributed by atoms with Crippen molar-refractivity contribution in [2.24, 2.45) is 5.92 Å². The fourth-order valence-corrected chi connectivity index (χ4v) is 5.10. The summed E-state index contributed by atoms with van der Waals surface area (Å²) in [7, 11) is 1.29. The average molecular weight is 602 g/mol. The number of likely N-dealkylation sites (tertiary alicyclic amines) is 1. The van der Waals surface area contributed by atoms with Crippen molar-refractivity contribution in [2.45, 2.75) is 71.6 Å². The zero-order valence-corrected chi connectivity index (χ0v) is 26.6. The van der Waals surface area contributed by atoms with Crippen LogP contribution in [-0.2, 0) is 14.3 Å². The lowest BCUT2D eigenvalue weighted by atomic mass is 9.86.